The van der Waals surface area contributed by atoms with Gasteiger partial charge in [-0.1, -0.05) is 84.0 Å². The number of benzene rings is 3. The molecule has 8 nitrogen and oxygen atoms in total. The third-order valence-corrected chi connectivity index (χ3v) is 9.52. The van der Waals surface area contributed by atoms with Crippen LogP contribution in [-0.4, -0.2) is 57.1 Å². The summed E-state index contributed by atoms with van der Waals surface area (Å²) in [5.74, 6) is -0.757. The first-order valence-corrected chi connectivity index (χ1v) is 16.8. The highest BCUT2D eigenvalue weighted by Gasteiger charge is 2.35. The molecular formula is C31H34Cl3N3O5S. The maximum atomic E-state index is 14.3. The van der Waals surface area contributed by atoms with Crippen LogP contribution in [0, 0.1) is 0 Å². The molecular weight excluding hydrogens is 633 g/mol. The zero-order valence-corrected chi connectivity index (χ0v) is 27.0. The first-order chi connectivity index (χ1) is 20.5. The largest absolute Gasteiger partial charge is 0.495 e. The van der Waals surface area contributed by atoms with Gasteiger partial charge in [0.05, 0.1) is 19.1 Å². The lowest BCUT2D eigenvalue weighted by Gasteiger charge is -2.34. The molecule has 0 heterocycles. The highest BCUT2D eigenvalue weighted by molar-refractivity contribution is 7.92. The average molecular weight is 667 g/mol. The van der Waals surface area contributed by atoms with E-state index in [-0.39, 0.29) is 41.4 Å². The van der Waals surface area contributed by atoms with Crippen LogP contribution in [0.3, 0.4) is 0 Å². The molecule has 1 aliphatic carbocycles. The van der Waals surface area contributed by atoms with Crippen molar-refractivity contribution in [3.8, 4) is 5.75 Å². The summed E-state index contributed by atoms with van der Waals surface area (Å²) in [7, 11) is -2.62. The van der Waals surface area contributed by atoms with Gasteiger partial charge in [-0.2, -0.15) is 0 Å². The Morgan fingerprint density at radius 1 is 0.977 bits per heavy atom. The lowest BCUT2D eigenvalue weighted by atomic mass is 10.0. The topological polar surface area (TPSA) is 96.0 Å². The number of rotatable bonds is 12. The second-order valence-electron chi connectivity index (χ2n) is 10.5. The molecule has 1 N–H and O–H groups in total. The Morgan fingerprint density at radius 2 is 1.63 bits per heavy atom. The van der Waals surface area contributed by atoms with E-state index in [1.165, 1.54) is 24.1 Å². The Balaban J connectivity index is 1.79. The van der Waals surface area contributed by atoms with Gasteiger partial charge in [-0.25, -0.2) is 8.42 Å². The minimum atomic E-state index is -4.01. The molecule has 3 aromatic rings. The number of ether oxygens (including phenoxy) is 1. The third kappa shape index (κ3) is 8.56. The summed E-state index contributed by atoms with van der Waals surface area (Å²) in [6.07, 6.45) is 4.90. The zero-order valence-electron chi connectivity index (χ0n) is 23.9. The van der Waals surface area contributed by atoms with Crippen LogP contribution >= 0.6 is 34.8 Å². The van der Waals surface area contributed by atoms with Crippen molar-refractivity contribution in [3.05, 3.63) is 92.9 Å². The van der Waals surface area contributed by atoms with Gasteiger partial charge in [0.1, 0.15) is 18.3 Å². The van der Waals surface area contributed by atoms with Crippen LogP contribution in [0.5, 0.6) is 5.75 Å². The zero-order chi connectivity index (χ0) is 31.1. The number of carbonyl (C=O) groups is 2. The van der Waals surface area contributed by atoms with E-state index in [1.54, 1.807) is 24.3 Å². The number of nitrogens with zero attached hydrogens (tertiary/aromatic N) is 2. The first-order valence-electron chi connectivity index (χ1n) is 13.9. The number of methoxy groups -OCH3 is 1. The van der Waals surface area contributed by atoms with E-state index in [4.69, 9.17) is 39.5 Å². The van der Waals surface area contributed by atoms with E-state index in [1.807, 2.05) is 30.3 Å². The van der Waals surface area contributed by atoms with Gasteiger partial charge in [0.2, 0.25) is 21.8 Å². The number of amides is 2. The molecule has 12 heteroatoms. The SMILES string of the molecule is COc1ccc(Cl)cc1N(CC(=O)N(Cc1c(Cl)cccc1Cl)[C@@H](Cc1ccccc1)C(=O)NC1CCCC1)S(C)(=O)=O. The molecule has 0 spiro atoms. The fourth-order valence-electron chi connectivity index (χ4n) is 5.23. The van der Waals surface area contributed by atoms with Gasteiger partial charge in [0.15, 0.2) is 0 Å². The van der Waals surface area contributed by atoms with Crippen LogP contribution in [-0.2, 0) is 32.6 Å². The van der Waals surface area contributed by atoms with Gasteiger partial charge >= 0.3 is 0 Å². The van der Waals surface area contributed by atoms with Crippen LogP contribution in [0.1, 0.15) is 36.8 Å². The molecule has 0 aliphatic heterocycles. The maximum Gasteiger partial charge on any atom is 0.244 e. The van der Waals surface area contributed by atoms with Gasteiger partial charge in [0, 0.05) is 39.6 Å². The summed E-state index contributed by atoms with van der Waals surface area (Å²) in [6.45, 7) is -0.753. The first kappa shape index (κ1) is 32.9. The Hall–Kier alpha value is -2.98. The van der Waals surface area contributed by atoms with Gasteiger partial charge in [-0.3, -0.25) is 13.9 Å². The second kappa shape index (κ2) is 14.7. The molecule has 0 radical (unpaired) electrons. The van der Waals surface area contributed by atoms with Crippen molar-refractivity contribution >= 4 is 62.3 Å². The molecule has 1 fully saturated rings. The minimum Gasteiger partial charge on any atom is -0.495 e. The molecule has 2 amide bonds. The van der Waals surface area contributed by atoms with Crippen molar-refractivity contribution in [1.82, 2.24) is 10.2 Å². The number of halogens is 3. The van der Waals surface area contributed by atoms with Gasteiger partial charge in [-0.15, -0.1) is 0 Å². The highest BCUT2D eigenvalue weighted by atomic mass is 35.5. The monoisotopic (exact) mass is 665 g/mol. The van der Waals surface area contributed by atoms with E-state index in [2.05, 4.69) is 5.32 Å². The van der Waals surface area contributed by atoms with E-state index in [9.17, 15) is 18.0 Å². The molecule has 0 aromatic heterocycles. The van der Waals surface area contributed by atoms with Crippen LogP contribution in [0.15, 0.2) is 66.7 Å². The molecule has 3 aromatic carbocycles. The Morgan fingerprint density at radius 3 is 2.23 bits per heavy atom. The fourth-order valence-corrected chi connectivity index (χ4v) is 6.76. The fraction of sp³-hybridized carbons (Fsp3) is 0.355. The molecule has 1 aliphatic rings. The smallest absolute Gasteiger partial charge is 0.244 e. The van der Waals surface area contributed by atoms with Crippen LogP contribution < -0.4 is 14.4 Å². The van der Waals surface area contributed by atoms with Gasteiger partial charge in [0.25, 0.3) is 0 Å². The predicted octanol–water partition coefficient (Wildman–Crippen LogP) is 6.12. The minimum absolute atomic E-state index is 0.00475. The standard InChI is InChI=1S/C31H34Cl3N3O5S/c1-42-29-16-15-22(32)18-27(29)37(43(2,40)41)20-30(38)36(19-24-25(33)13-8-14-26(24)34)28(17-21-9-4-3-5-10-21)31(39)35-23-11-6-7-12-23/h3-5,8-10,13-16,18,23,28H,6-7,11-12,17,19-20H2,1-2H3,(H,35,39)/t28-/m0/s1. The Kier molecular flexibility index (Phi) is 11.2. The summed E-state index contributed by atoms with van der Waals surface area (Å²) < 4.78 is 32.5. The molecule has 4 rings (SSSR count). The van der Waals surface area contributed by atoms with Crippen LogP contribution in [0.2, 0.25) is 15.1 Å². The lowest BCUT2D eigenvalue weighted by Crippen LogP contribution is -2.54. The van der Waals surface area contributed by atoms with Crippen LogP contribution in [0.4, 0.5) is 5.69 Å². The second-order valence-corrected chi connectivity index (χ2v) is 13.7. The Labute approximate surface area is 267 Å². The normalized spacial score (nSPS) is 14.3. The maximum absolute atomic E-state index is 14.3. The molecule has 0 bridgehead atoms. The number of carbonyl (C=O) groups excluding carboxylic acids is 2. The van der Waals surface area contributed by atoms with E-state index >= 15 is 0 Å². The average Bonchev–Trinajstić information content (AvgIpc) is 3.47. The van der Waals surface area contributed by atoms with Crippen LogP contribution in [0.25, 0.3) is 0 Å². The summed E-state index contributed by atoms with van der Waals surface area (Å²) >= 11 is 19.3. The molecule has 0 unspecified atom stereocenters. The molecule has 230 valence electrons. The van der Waals surface area contributed by atoms with Crippen molar-refractivity contribution in [2.75, 3.05) is 24.2 Å². The number of nitrogens with one attached hydrogen (secondary N) is 1. The summed E-state index contributed by atoms with van der Waals surface area (Å²) in [5, 5.41) is 4.01. The summed E-state index contributed by atoms with van der Waals surface area (Å²) in [4.78, 5) is 29.7. The third-order valence-electron chi connectivity index (χ3n) is 7.45. The van der Waals surface area contributed by atoms with Crippen molar-refractivity contribution < 1.29 is 22.7 Å². The Bertz CT molecular complexity index is 1530. The van der Waals surface area contributed by atoms with Crippen molar-refractivity contribution in [2.45, 2.75) is 50.7 Å². The van der Waals surface area contributed by atoms with Gasteiger partial charge < -0.3 is 15.0 Å². The van der Waals surface area contributed by atoms with E-state index in [0.717, 1.165) is 41.8 Å². The molecule has 1 atom stereocenters. The lowest BCUT2D eigenvalue weighted by molar-refractivity contribution is -0.140. The van der Waals surface area contributed by atoms with Crippen molar-refractivity contribution in [2.24, 2.45) is 0 Å². The van der Waals surface area contributed by atoms with E-state index < -0.39 is 28.5 Å². The van der Waals surface area contributed by atoms with E-state index in [0.29, 0.717) is 15.6 Å². The summed E-state index contributed by atoms with van der Waals surface area (Å²) in [5.41, 5.74) is 1.36. The van der Waals surface area contributed by atoms with Gasteiger partial charge in [-0.05, 0) is 48.7 Å². The summed E-state index contributed by atoms with van der Waals surface area (Å²) in [6, 6.07) is 17.8. The number of anilines is 1. The number of sulfonamides is 1. The van der Waals surface area contributed by atoms with Crippen molar-refractivity contribution in [1.29, 1.82) is 0 Å². The number of hydrogen-bond acceptors (Lipinski definition) is 5. The quantitative estimate of drug-likeness (QED) is 0.251. The molecule has 1 saturated carbocycles. The van der Waals surface area contributed by atoms with Crippen molar-refractivity contribution in [3.63, 3.8) is 0 Å². The predicted molar refractivity (Wildman–Crippen MR) is 172 cm³/mol. The molecule has 43 heavy (non-hydrogen) atoms. The number of hydrogen-bond donors (Lipinski definition) is 1. The highest BCUT2D eigenvalue weighted by Crippen LogP contribution is 2.34. The molecule has 0 saturated heterocycles.